The highest BCUT2D eigenvalue weighted by atomic mass is 32.1. The fourth-order valence-corrected chi connectivity index (χ4v) is 2.70. The first-order valence-corrected chi connectivity index (χ1v) is 6.48. The molecule has 0 radical (unpaired) electrons. The highest BCUT2D eigenvalue weighted by molar-refractivity contribution is 7.81. The molecule has 1 heterocycles. The lowest BCUT2D eigenvalue weighted by atomic mass is 9.91. The van der Waals surface area contributed by atoms with Crippen LogP contribution in [0.2, 0.25) is 0 Å². The van der Waals surface area contributed by atoms with Crippen molar-refractivity contribution in [3.63, 3.8) is 0 Å². The van der Waals surface area contributed by atoms with Gasteiger partial charge in [0, 0.05) is 23.6 Å². The van der Waals surface area contributed by atoms with Gasteiger partial charge in [0.25, 0.3) is 0 Å². The lowest BCUT2D eigenvalue weighted by molar-refractivity contribution is 0.244. The van der Waals surface area contributed by atoms with Crippen LogP contribution >= 0.6 is 12.2 Å². The minimum atomic E-state index is -0.157. The number of hydrogen-bond donors (Lipinski definition) is 0. The molecule has 1 aromatic rings. The Morgan fingerprint density at radius 1 is 1.26 bits per heavy atom. The predicted molar refractivity (Wildman–Crippen MR) is 76.9 cm³/mol. The molecule has 1 aromatic carbocycles. The van der Waals surface area contributed by atoms with Crippen molar-refractivity contribution in [1.29, 1.82) is 0 Å². The van der Waals surface area contributed by atoms with Crippen molar-refractivity contribution < 1.29 is 14.2 Å². The maximum absolute atomic E-state index is 5.99. The zero-order chi connectivity index (χ0) is 13.4. The van der Waals surface area contributed by atoms with Gasteiger partial charge in [0.05, 0.1) is 24.8 Å². The molecule has 1 atom stereocenters. The van der Waals surface area contributed by atoms with E-state index in [1.807, 2.05) is 24.3 Å². The minimum Gasteiger partial charge on any atom is -0.501 e. The van der Waals surface area contributed by atoms with Crippen molar-refractivity contribution in [3.8, 4) is 11.5 Å². The highest BCUT2D eigenvalue weighted by Crippen LogP contribution is 2.36. The van der Waals surface area contributed by atoms with Crippen molar-refractivity contribution in [2.75, 3.05) is 14.2 Å². The fraction of sp³-hybridized carbons (Fsp3) is 0.267. The largest absolute Gasteiger partial charge is 0.501 e. The first-order valence-electron chi connectivity index (χ1n) is 6.07. The molecule has 3 rings (SSSR count). The Bertz CT molecular complexity index is 601. The summed E-state index contributed by atoms with van der Waals surface area (Å²) in [5.41, 5.74) is 2.00. The van der Waals surface area contributed by atoms with Crippen molar-refractivity contribution in [3.05, 3.63) is 47.2 Å². The molecule has 0 amide bonds. The number of methoxy groups -OCH3 is 2. The summed E-state index contributed by atoms with van der Waals surface area (Å²) in [5, 5.41) is 0. The van der Waals surface area contributed by atoms with Crippen LogP contribution in [-0.4, -0.2) is 25.2 Å². The summed E-state index contributed by atoms with van der Waals surface area (Å²) in [6.45, 7) is 0. The van der Waals surface area contributed by atoms with Crippen LogP contribution in [0.25, 0.3) is 0 Å². The van der Waals surface area contributed by atoms with Gasteiger partial charge in [-0.25, -0.2) is 0 Å². The Labute approximate surface area is 117 Å². The Balaban J connectivity index is 2.03. The molecule has 1 aliphatic heterocycles. The van der Waals surface area contributed by atoms with Crippen LogP contribution in [0.15, 0.2) is 41.7 Å². The third-order valence-corrected chi connectivity index (χ3v) is 3.83. The molecule has 0 bridgehead atoms. The molecule has 0 saturated heterocycles. The van der Waals surface area contributed by atoms with Crippen LogP contribution in [0.1, 0.15) is 12.0 Å². The van der Waals surface area contributed by atoms with E-state index in [1.165, 1.54) is 0 Å². The van der Waals surface area contributed by atoms with Gasteiger partial charge in [0.2, 0.25) is 0 Å². The smallest absolute Gasteiger partial charge is 0.147 e. The quantitative estimate of drug-likeness (QED) is 0.775. The van der Waals surface area contributed by atoms with Crippen LogP contribution in [0.5, 0.6) is 11.5 Å². The Hall–Kier alpha value is -1.81. The molecule has 19 heavy (non-hydrogen) atoms. The van der Waals surface area contributed by atoms with E-state index in [-0.39, 0.29) is 6.10 Å². The van der Waals surface area contributed by atoms with E-state index >= 15 is 0 Å². The summed E-state index contributed by atoms with van der Waals surface area (Å²) >= 11 is 5.55. The molecular formula is C15H14O3S. The number of ether oxygens (including phenoxy) is 3. The van der Waals surface area contributed by atoms with Crippen molar-refractivity contribution >= 4 is 17.1 Å². The number of thiocarbonyl (C=S) groups is 1. The maximum atomic E-state index is 5.99. The van der Waals surface area contributed by atoms with Crippen molar-refractivity contribution in [1.82, 2.24) is 0 Å². The molecule has 98 valence electrons. The Morgan fingerprint density at radius 3 is 2.84 bits per heavy atom. The molecule has 3 nitrogen and oxygen atoms in total. The summed E-state index contributed by atoms with van der Waals surface area (Å²) < 4.78 is 16.5. The van der Waals surface area contributed by atoms with Gasteiger partial charge in [-0.1, -0.05) is 18.3 Å². The van der Waals surface area contributed by atoms with Gasteiger partial charge in [0.1, 0.15) is 17.6 Å². The second-order valence-electron chi connectivity index (χ2n) is 4.43. The molecule has 2 aliphatic rings. The first-order chi connectivity index (χ1) is 9.22. The van der Waals surface area contributed by atoms with E-state index in [0.29, 0.717) is 0 Å². The predicted octanol–water partition coefficient (Wildman–Crippen LogP) is 3.03. The molecule has 0 N–H and O–H groups in total. The molecule has 4 heteroatoms. The topological polar surface area (TPSA) is 27.7 Å². The third-order valence-electron chi connectivity index (χ3n) is 3.38. The zero-order valence-electron chi connectivity index (χ0n) is 10.8. The fourth-order valence-electron chi connectivity index (χ4n) is 2.33. The Morgan fingerprint density at radius 2 is 2.11 bits per heavy atom. The maximum Gasteiger partial charge on any atom is 0.147 e. The average Bonchev–Trinajstić information content (AvgIpc) is 2.46. The molecule has 1 unspecified atom stereocenters. The van der Waals surface area contributed by atoms with E-state index < -0.39 is 0 Å². The number of benzene rings is 1. The summed E-state index contributed by atoms with van der Waals surface area (Å²) in [7, 11) is 3.31. The van der Waals surface area contributed by atoms with Crippen molar-refractivity contribution in [2.24, 2.45) is 0 Å². The van der Waals surface area contributed by atoms with Crippen LogP contribution in [0.3, 0.4) is 0 Å². The zero-order valence-corrected chi connectivity index (χ0v) is 11.6. The molecule has 0 saturated carbocycles. The number of hydrogen-bond acceptors (Lipinski definition) is 4. The molecule has 1 aliphatic carbocycles. The van der Waals surface area contributed by atoms with E-state index in [2.05, 4.69) is 6.08 Å². The normalized spacial score (nSPS) is 20.5. The van der Waals surface area contributed by atoms with Crippen molar-refractivity contribution in [2.45, 2.75) is 12.5 Å². The third kappa shape index (κ3) is 2.02. The minimum absolute atomic E-state index is 0.157. The van der Waals surface area contributed by atoms with E-state index in [0.717, 1.165) is 39.7 Å². The highest BCUT2D eigenvalue weighted by Gasteiger charge is 2.30. The van der Waals surface area contributed by atoms with Gasteiger partial charge >= 0.3 is 0 Å². The second-order valence-corrected chi connectivity index (χ2v) is 4.84. The van der Waals surface area contributed by atoms with Crippen LogP contribution in [-0.2, 0) is 4.74 Å². The SMILES string of the molecule is COC1=CC2Oc3cc(OC)ccc3C(=S)C2=CC1. The van der Waals surface area contributed by atoms with Gasteiger partial charge in [-0.2, -0.15) is 0 Å². The summed E-state index contributed by atoms with van der Waals surface area (Å²) in [5.74, 6) is 2.43. The molecule has 0 aromatic heterocycles. The van der Waals surface area contributed by atoms with E-state index in [9.17, 15) is 0 Å². The van der Waals surface area contributed by atoms with Crippen LogP contribution < -0.4 is 9.47 Å². The Kier molecular flexibility index (Phi) is 3.03. The van der Waals surface area contributed by atoms with E-state index in [4.69, 9.17) is 26.4 Å². The average molecular weight is 274 g/mol. The molecular weight excluding hydrogens is 260 g/mol. The lowest BCUT2D eigenvalue weighted by Gasteiger charge is -2.30. The van der Waals surface area contributed by atoms with Gasteiger partial charge < -0.3 is 14.2 Å². The number of allylic oxidation sites excluding steroid dienone is 1. The van der Waals surface area contributed by atoms with Gasteiger partial charge in [0.15, 0.2) is 0 Å². The standard InChI is InChI=1S/C15H14O3S/c1-16-9-3-5-11-13(7-9)18-14-8-10(17-2)4-6-12(14)15(11)19/h3,5-8,14H,4H2,1-2H3. The molecule has 0 fully saturated rings. The second kappa shape index (κ2) is 4.70. The summed E-state index contributed by atoms with van der Waals surface area (Å²) in [6, 6.07) is 5.71. The number of fused-ring (bicyclic) bond motifs is 2. The van der Waals surface area contributed by atoms with Gasteiger partial charge in [-0.05, 0) is 18.2 Å². The summed E-state index contributed by atoms with van der Waals surface area (Å²) in [6.07, 6.45) is 4.66. The lowest BCUT2D eigenvalue weighted by Crippen LogP contribution is -2.30. The van der Waals surface area contributed by atoms with Gasteiger partial charge in [-0.3, -0.25) is 0 Å². The first kappa shape index (κ1) is 12.2. The van der Waals surface area contributed by atoms with Crippen LogP contribution in [0.4, 0.5) is 0 Å². The number of rotatable bonds is 2. The molecule has 0 spiro atoms. The van der Waals surface area contributed by atoms with E-state index in [1.54, 1.807) is 14.2 Å². The van der Waals surface area contributed by atoms with Crippen LogP contribution in [0, 0.1) is 0 Å². The van der Waals surface area contributed by atoms with Gasteiger partial charge in [-0.15, -0.1) is 0 Å². The summed E-state index contributed by atoms with van der Waals surface area (Å²) in [4.78, 5) is 0.848. The monoisotopic (exact) mass is 274 g/mol.